The van der Waals surface area contributed by atoms with Crippen molar-refractivity contribution < 1.29 is 8.42 Å². The third kappa shape index (κ3) is 3.12. The van der Waals surface area contributed by atoms with Gasteiger partial charge in [-0.1, -0.05) is 46.9 Å². The molecule has 0 aliphatic carbocycles. The molecule has 0 aliphatic rings. The first-order chi connectivity index (χ1) is 9.31. The van der Waals surface area contributed by atoms with Gasteiger partial charge in [-0.2, -0.15) is 0 Å². The first-order valence-electron chi connectivity index (χ1n) is 5.33. The highest BCUT2D eigenvalue weighted by Gasteiger charge is 2.18. The summed E-state index contributed by atoms with van der Waals surface area (Å²) < 4.78 is 26.8. The van der Waals surface area contributed by atoms with Crippen LogP contribution in [0, 0.1) is 0 Å². The lowest BCUT2D eigenvalue weighted by molar-refractivity contribution is 0.601. The summed E-state index contributed by atoms with van der Waals surface area (Å²) in [6, 6.07) is 8.83. The van der Waals surface area contributed by atoms with Gasteiger partial charge >= 0.3 is 0 Å². The third-order valence-electron chi connectivity index (χ3n) is 2.46. The van der Waals surface area contributed by atoms with Crippen molar-refractivity contribution in [1.82, 2.24) is 0 Å². The van der Waals surface area contributed by atoms with Gasteiger partial charge in [0.05, 0.1) is 26.4 Å². The molecule has 106 valence electrons. The van der Waals surface area contributed by atoms with Crippen LogP contribution in [0.2, 0.25) is 15.1 Å². The zero-order valence-corrected chi connectivity index (χ0v) is 13.0. The smallest absolute Gasteiger partial charge is 0.263 e. The highest BCUT2D eigenvalue weighted by Crippen LogP contribution is 2.32. The van der Waals surface area contributed by atoms with Gasteiger partial charge in [0, 0.05) is 0 Å². The van der Waals surface area contributed by atoms with Gasteiger partial charge in [0.25, 0.3) is 10.0 Å². The van der Waals surface area contributed by atoms with Crippen LogP contribution in [-0.4, -0.2) is 8.42 Å². The summed E-state index contributed by atoms with van der Waals surface area (Å²) in [5.74, 6) is 0. The third-order valence-corrected chi connectivity index (χ3v) is 4.96. The number of nitrogens with two attached hydrogens (primary N) is 1. The number of rotatable bonds is 3. The number of halogens is 3. The average molecular weight is 352 g/mol. The Kier molecular flexibility index (Phi) is 4.34. The predicted octanol–water partition coefficient (Wildman–Crippen LogP) is 4.03. The second kappa shape index (κ2) is 5.69. The standard InChI is InChI=1S/C12H9Cl3N2O2S/c13-8-3-1-2-4-11(8)20(18,19)17-7-5-9(14)12(16)10(15)6-7/h1-6,17H,16H2. The Morgan fingerprint density at radius 3 is 2.05 bits per heavy atom. The van der Waals surface area contributed by atoms with Crippen molar-refractivity contribution in [3.05, 3.63) is 51.5 Å². The molecular weight excluding hydrogens is 343 g/mol. The normalized spacial score (nSPS) is 11.3. The molecule has 0 radical (unpaired) electrons. The van der Waals surface area contributed by atoms with E-state index in [9.17, 15) is 8.42 Å². The number of anilines is 2. The van der Waals surface area contributed by atoms with Gasteiger partial charge in [0.2, 0.25) is 0 Å². The first kappa shape index (κ1) is 15.3. The Bertz CT molecular complexity index is 740. The lowest BCUT2D eigenvalue weighted by atomic mass is 10.3. The van der Waals surface area contributed by atoms with Crippen LogP contribution in [0.5, 0.6) is 0 Å². The maximum Gasteiger partial charge on any atom is 0.263 e. The Morgan fingerprint density at radius 2 is 1.50 bits per heavy atom. The predicted molar refractivity (Wildman–Crippen MR) is 83.1 cm³/mol. The van der Waals surface area contributed by atoms with Gasteiger partial charge in [-0.25, -0.2) is 8.42 Å². The van der Waals surface area contributed by atoms with E-state index in [0.717, 1.165) is 0 Å². The van der Waals surface area contributed by atoms with Crippen LogP contribution in [0.15, 0.2) is 41.3 Å². The number of benzene rings is 2. The van der Waals surface area contributed by atoms with E-state index in [1.165, 1.54) is 24.3 Å². The van der Waals surface area contributed by atoms with Gasteiger partial charge in [-0.05, 0) is 24.3 Å². The van der Waals surface area contributed by atoms with Gasteiger partial charge in [-0.3, -0.25) is 4.72 Å². The maximum absolute atomic E-state index is 12.2. The Hall–Kier alpha value is -1.14. The molecule has 0 saturated heterocycles. The first-order valence-corrected chi connectivity index (χ1v) is 7.95. The van der Waals surface area contributed by atoms with Crippen LogP contribution in [-0.2, 0) is 10.0 Å². The van der Waals surface area contributed by atoms with Gasteiger partial charge in [0.15, 0.2) is 0 Å². The van der Waals surface area contributed by atoms with Gasteiger partial charge in [-0.15, -0.1) is 0 Å². The molecule has 8 heteroatoms. The minimum absolute atomic E-state index is 0.0364. The number of nitrogens with one attached hydrogen (secondary N) is 1. The second-order valence-electron chi connectivity index (χ2n) is 3.89. The Balaban J connectivity index is 2.42. The number of hydrogen-bond donors (Lipinski definition) is 2. The summed E-state index contributed by atoms with van der Waals surface area (Å²) in [4.78, 5) is -0.0364. The van der Waals surface area contributed by atoms with Crippen molar-refractivity contribution in [2.24, 2.45) is 0 Å². The molecule has 0 saturated carbocycles. The molecule has 0 spiro atoms. The number of nitrogen functional groups attached to an aromatic ring is 1. The molecule has 0 aliphatic heterocycles. The molecule has 3 N–H and O–H groups in total. The number of hydrogen-bond acceptors (Lipinski definition) is 3. The van der Waals surface area contributed by atoms with Crippen molar-refractivity contribution in [2.45, 2.75) is 4.90 Å². The van der Waals surface area contributed by atoms with E-state index in [-0.39, 0.29) is 31.3 Å². The lowest BCUT2D eigenvalue weighted by Gasteiger charge is -2.11. The fourth-order valence-electron chi connectivity index (χ4n) is 1.52. The summed E-state index contributed by atoms with van der Waals surface area (Å²) in [5, 5.41) is 0.441. The van der Waals surface area contributed by atoms with Crippen molar-refractivity contribution in [3.8, 4) is 0 Å². The zero-order chi connectivity index (χ0) is 14.9. The molecule has 0 amide bonds. The van der Waals surface area contributed by atoms with Crippen LogP contribution in [0.3, 0.4) is 0 Å². The summed E-state index contributed by atoms with van der Waals surface area (Å²) in [6.07, 6.45) is 0. The van der Waals surface area contributed by atoms with Crippen LogP contribution >= 0.6 is 34.8 Å². The molecule has 2 rings (SSSR count). The monoisotopic (exact) mass is 350 g/mol. The Labute approximate surface area is 131 Å². The molecule has 2 aromatic rings. The highest BCUT2D eigenvalue weighted by molar-refractivity contribution is 7.92. The maximum atomic E-state index is 12.2. The van der Waals surface area contributed by atoms with Crippen LogP contribution < -0.4 is 10.5 Å². The van der Waals surface area contributed by atoms with Crippen molar-refractivity contribution >= 4 is 56.2 Å². The fraction of sp³-hybridized carbons (Fsp3) is 0. The van der Waals surface area contributed by atoms with Gasteiger partial charge < -0.3 is 5.73 Å². The quantitative estimate of drug-likeness (QED) is 0.820. The second-order valence-corrected chi connectivity index (χ2v) is 6.76. The minimum atomic E-state index is -3.83. The molecule has 2 aromatic carbocycles. The zero-order valence-electron chi connectivity index (χ0n) is 9.90. The molecule has 0 unspecified atom stereocenters. The van der Waals surface area contributed by atoms with E-state index in [1.54, 1.807) is 12.1 Å². The lowest BCUT2D eigenvalue weighted by Crippen LogP contribution is -2.13. The summed E-state index contributed by atoms with van der Waals surface area (Å²) >= 11 is 17.6. The molecule has 0 atom stereocenters. The van der Waals surface area contributed by atoms with E-state index in [1.807, 2.05) is 0 Å². The summed E-state index contributed by atoms with van der Waals surface area (Å²) in [7, 11) is -3.83. The van der Waals surface area contributed by atoms with Crippen LogP contribution in [0.4, 0.5) is 11.4 Å². The van der Waals surface area contributed by atoms with Crippen molar-refractivity contribution in [2.75, 3.05) is 10.5 Å². The topological polar surface area (TPSA) is 72.2 Å². The minimum Gasteiger partial charge on any atom is -0.396 e. The summed E-state index contributed by atoms with van der Waals surface area (Å²) in [5.41, 5.74) is 5.98. The van der Waals surface area contributed by atoms with E-state index < -0.39 is 10.0 Å². The fourth-order valence-corrected chi connectivity index (χ4v) is 3.56. The molecule has 20 heavy (non-hydrogen) atoms. The molecule has 0 heterocycles. The Morgan fingerprint density at radius 1 is 0.950 bits per heavy atom. The van der Waals surface area contributed by atoms with E-state index in [0.29, 0.717) is 0 Å². The number of sulfonamides is 1. The molecule has 0 aromatic heterocycles. The van der Waals surface area contributed by atoms with E-state index in [2.05, 4.69) is 4.72 Å². The molecule has 4 nitrogen and oxygen atoms in total. The SMILES string of the molecule is Nc1c(Cl)cc(NS(=O)(=O)c2ccccc2Cl)cc1Cl. The largest absolute Gasteiger partial charge is 0.396 e. The molecule has 0 bridgehead atoms. The summed E-state index contributed by atoms with van der Waals surface area (Å²) in [6.45, 7) is 0. The average Bonchev–Trinajstić information content (AvgIpc) is 2.35. The molecular formula is C12H9Cl3N2O2S. The van der Waals surface area contributed by atoms with E-state index in [4.69, 9.17) is 40.5 Å². The highest BCUT2D eigenvalue weighted by atomic mass is 35.5. The van der Waals surface area contributed by atoms with Gasteiger partial charge in [0.1, 0.15) is 4.90 Å². The van der Waals surface area contributed by atoms with Crippen molar-refractivity contribution in [3.63, 3.8) is 0 Å². The van der Waals surface area contributed by atoms with Crippen LogP contribution in [0.1, 0.15) is 0 Å². The molecule has 0 fully saturated rings. The van der Waals surface area contributed by atoms with E-state index >= 15 is 0 Å². The van der Waals surface area contributed by atoms with Crippen LogP contribution in [0.25, 0.3) is 0 Å². The van der Waals surface area contributed by atoms with Crippen molar-refractivity contribution in [1.29, 1.82) is 0 Å².